The number of methoxy groups -OCH3 is 1. The molecule has 0 unspecified atom stereocenters. The predicted octanol–water partition coefficient (Wildman–Crippen LogP) is 4.43. The van der Waals surface area contributed by atoms with Crippen LogP contribution in [0.1, 0.15) is 34.7 Å². The molecule has 1 aromatic heterocycles. The molecular weight excluding hydrogens is 444 g/mol. The maximum atomic E-state index is 13.0. The van der Waals surface area contributed by atoms with Crippen LogP contribution in [0.15, 0.2) is 78.6 Å². The van der Waals surface area contributed by atoms with Crippen molar-refractivity contribution in [1.29, 1.82) is 0 Å². The highest BCUT2D eigenvalue weighted by Crippen LogP contribution is 2.39. The zero-order valence-electron chi connectivity index (χ0n) is 19.8. The molecule has 7 nitrogen and oxygen atoms in total. The lowest BCUT2D eigenvalue weighted by atomic mass is 9.96. The number of nitrogens with zero attached hydrogens (tertiary/aromatic N) is 2. The summed E-state index contributed by atoms with van der Waals surface area (Å²) in [6.07, 6.45) is 3.79. The van der Waals surface area contributed by atoms with E-state index in [4.69, 9.17) is 9.47 Å². The summed E-state index contributed by atoms with van der Waals surface area (Å²) in [5, 5.41) is 11.2. The molecule has 35 heavy (non-hydrogen) atoms. The Morgan fingerprint density at radius 3 is 2.57 bits per heavy atom. The second kappa shape index (κ2) is 11.0. The molecule has 1 aliphatic rings. The van der Waals surface area contributed by atoms with E-state index in [9.17, 15) is 14.7 Å². The number of amides is 1. The number of carbonyl (C=O) groups excluding carboxylic acids is 2. The largest absolute Gasteiger partial charge is 0.507 e. The average molecular weight is 473 g/mol. The van der Waals surface area contributed by atoms with Crippen molar-refractivity contribution in [3.05, 3.63) is 101 Å². The molecule has 7 heteroatoms. The van der Waals surface area contributed by atoms with Crippen LogP contribution in [0.25, 0.3) is 5.76 Å². The van der Waals surface area contributed by atoms with Gasteiger partial charge in [0.25, 0.3) is 11.7 Å². The first kappa shape index (κ1) is 24.2. The highest BCUT2D eigenvalue weighted by atomic mass is 16.5. The smallest absolute Gasteiger partial charge is 0.295 e. The fourth-order valence-electron chi connectivity index (χ4n) is 4.21. The van der Waals surface area contributed by atoms with E-state index >= 15 is 0 Å². The number of aryl methyl sites for hydroxylation is 1. The van der Waals surface area contributed by atoms with Gasteiger partial charge in [-0.2, -0.15) is 0 Å². The molecule has 1 fully saturated rings. The van der Waals surface area contributed by atoms with Gasteiger partial charge in [0.15, 0.2) is 0 Å². The van der Waals surface area contributed by atoms with E-state index in [1.807, 2.05) is 25.1 Å². The number of ether oxygens (including phenoxy) is 2. The fraction of sp³-hybridized carbons (Fsp3) is 0.250. The van der Waals surface area contributed by atoms with E-state index in [0.717, 1.165) is 11.1 Å². The SMILES string of the molecule is COCCCN1C(=O)C(=O)C(=C(O)c2ccc(OCc3cccc(C)c3)cc2)[C@H]1c1cccnc1. The molecule has 0 aliphatic carbocycles. The Balaban J connectivity index is 1.61. The molecule has 1 aliphatic heterocycles. The lowest BCUT2D eigenvalue weighted by molar-refractivity contribution is -0.140. The monoisotopic (exact) mass is 472 g/mol. The Morgan fingerprint density at radius 1 is 1.09 bits per heavy atom. The molecule has 1 atom stereocenters. The molecular formula is C28H28N2O5. The van der Waals surface area contributed by atoms with E-state index in [-0.39, 0.29) is 11.3 Å². The number of ketones is 1. The molecule has 4 rings (SSSR count). The number of likely N-dealkylation sites (tertiary alicyclic amines) is 1. The molecule has 0 spiro atoms. The van der Waals surface area contributed by atoms with E-state index in [0.29, 0.717) is 43.1 Å². The molecule has 0 bridgehead atoms. The Hall–Kier alpha value is -3.97. The van der Waals surface area contributed by atoms with Crippen LogP contribution in [0.5, 0.6) is 5.75 Å². The van der Waals surface area contributed by atoms with Gasteiger partial charge in [-0.15, -0.1) is 0 Å². The third-order valence-electron chi connectivity index (χ3n) is 5.90. The molecule has 1 N–H and O–H groups in total. The molecule has 1 amide bonds. The van der Waals surface area contributed by atoms with Crippen LogP contribution < -0.4 is 4.74 Å². The zero-order valence-corrected chi connectivity index (χ0v) is 19.8. The van der Waals surface area contributed by atoms with Crippen LogP contribution in [0.3, 0.4) is 0 Å². The third-order valence-corrected chi connectivity index (χ3v) is 5.90. The predicted molar refractivity (Wildman–Crippen MR) is 132 cm³/mol. The number of aliphatic hydroxyl groups is 1. The topological polar surface area (TPSA) is 89.0 Å². The van der Waals surface area contributed by atoms with Crippen molar-refractivity contribution in [3.63, 3.8) is 0 Å². The summed E-state index contributed by atoms with van der Waals surface area (Å²) in [5.74, 6) is -0.952. The Labute approximate surface area is 204 Å². The number of rotatable bonds is 9. The van der Waals surface area contributed by atoms with E-state index in [2.05, 4.69) is 11.1 Å². The first-order chi connectivity index (χ1) is 17.0. The van der Waals surface area contributed by atoms with Gasteiger partial charge in [0, 0.05) is 38.2 Å². The standard InChI is InChI=1S/C28H28N2O5/c1-19-6-3-7-20(16-19)18-35-23-11-9-21(10-12-23)26(31)24-25(22-8-4-13-29-17-22)30(14-5-15-34-2)28(33)27(24)32/h3-4,6-13,16-17,25,31H,5,14-15,18H2,1-2H3/t25-/m1/s1. The summed E-state index contributed by atoms with van der Waals surface area (Å²) in [7, 11) is 1.58. The van der Waals surface area contributed by atoms with Crippen LogP contribution in [-0.4, -0.2) is 46.9 Å². The Bertz CT molecular complexity index is 1220. The molecule has 1 saturated heterocycles. The lowest BCUT2D eigenvalue weighted by Crippen LogP contribution is -2.31. The summed E-state index contributed by atoms with van der Waals surface area (Å²) in [6.45, 7) is 3.22. The van der Waals surface area contributed by atoms with Crippen LogP contribution in [0.2, 0.25) is 0 Å². The Morgan fingerprint density at radius 2 is 1.89 bits per heavy atom. The number of pyridine rings is 1. The van der Waals surface area contributed by atoms with Crippen LogP contribution in [0, 0.1) is 6.92 Å². The van der Waals surface area contributed by atoms with Gasteiger partial charge in [-0.3, -0.25) is 14.6 Å². The van der Waals surface area contributed by atoms with Gasteiger partial charge >= 0.3 is 0 Å². The van der Waals surface area contributed by atoms with E-state index in [1.54, 1.807) is 55.9 Å². The second-order valence-corrected chi connectivity index (χ2v) is 8.43. The first-order valence-electron chi connectivity index (χ1n) is 11.5. The van der Waals surface area contributed by atoms with E-state index < -0.39 is 17.7 Å². The summed E-state index contributed by atoms with van der Waals surface area (Å²) < 4.78 is 11.0. The second-order valence-electron chi connectivity index (χ2n) is 8.43. The molecule has 3 aromatic rings. The van der Waals surface area contributed by atoms with Gasteiger partial charge in [-0.1, -0.05) is 35.9 Å². The summed E-state index contributed by atoms with van der Waals surface area (Å²) >= 11 is 0. The van der Waals surface area contributed by atoms with Gasteiger partial charge in [0.1, 0.15) is 18.1 Å². The highest BCUT2D eigenvalue weighted by Gasteiger charge is 2.45. The van der Waals surface area contributed by atoms with Gasteiger partial charge in [-0.05, 0) is 54.8 Å². The number of aromatic nitrogens is 1. The van der Waals surface area contributed by atoms with Crippen LogP contribution >= 0.6 is 0 Å². The van der Waals surface area contributed by atoms with Crippen molar-refractivity contribution < 1.29 is 24.2 Å². The summed E-state index contributed by atoms with van der Waals surface area (Å²) in [5.41, 5.74) is 3.35. The fourth-order valence-corrected chi connectivity index (χ4v) is 4.21. The molecule has 0 saturated carbocycles. The minimum atomic E-state index is -0.724. The third kappa shape index (κ3) is 5.41. The van der Waals surface area contributed by atoms with Crippen molar-refractivity contribution in [2.45, 2.75) is 26.0 Å². The van der Waals surface area contributed by atoms with Gasteiger partial charge < -0.3 is 19.5 Å². The molecule has 180 valence electrons. The summed E-state index contributed by atoms with van der Waals surface area (Å²) in [4.78, 5) is 31.5. The number of benzene rings is 2. The van der Waals surface area contributed by atoms with E-state index in [1.165, 1.54) is 4.90 Å². The maximum absolute atomic E-state index is 13.0. The number of hydrogen-bond acceptors (Lipinski definition) is 6. The average Bonchev–Trinajstić information content (AvgIpc) is 3.13. The van der Waals surface area contributed by atoms with Crippen molar-refractivity contribution in [2.75, 3.05) is 20.3 Å². The zero-order chi connectivity index (χ0) is 24.8. The molecule has 0 radical (unpaired) electrons. The van der Waals surface area contributed by atoms with Crippen molar-refractivity contribution in [1.82, 2.24) is 9.88 Å². The molecule has 2 aromatic carbocycles. The Kier molecular flexibility index (Phi) is 7.57. The first-order valence-corrected chi connectivity index (χ1v) is 11.5. The lowest BCUT2D eigenvalue weighted by Gasteiger charge is -2.25. The number of aliphatic hydroxyl groups excluding tert-OH is 1. The van der Waals surface area contributed by atoms with Crippen molar-refractivity contribution >= 4 is 17.4 Å². The highest BCUT2D eigenvalue weighted by molar-refractivity contribution is 6.46. The normalized spacial score (nSPS) is 17.1. The van der Waals surface area contributed by atoms with Crippen LogP contribution in [0.4, 0.5) is 0 Å². The quantitative estimate of drug-likeness (QED) is 0.215. The van der Waals surface area contributed by atoms with Crippen LogP contribution in [-0.2, 0) is 20.9 Å². The van der Waals surface area contributed by atoms with Gasteiger partial charge in [-0.25, -0.2) is 0 Å². The number of hydrogen-bond donors (Lipinski definition) is 1. The maximum Gasteiger partial charge on any atom is 0.295 e. The molecule has 2 heterocycles. The van der Waals surface area contributed by atoms with Gasteiger partial charge in [0.2, 0.25) is 0 Å². The van der Waals surface area contributed by atoms with Gasteiger partial charge in [0.05, 0.1) is 11.6 Å². The van der Waals surface area contributed by atoms with Crippen molar-refractivity contribution in [3.8, 4) is 5.75 Å². The van der Waals surface area contributed by atoms with Crippen molar-refractivity contribution in [2.24, 2.45) is 0 Å². The summed E-state index contributed by atoms with van der Waals surface area (Å²) in [6, 6.07) is 17.7. The minimum Gasteiger partial charge on any atom is -0.507 e. The number of carbonyl (C=O) groups is 2. The minimum absolute atomic E-state index is 0.0499. The number of Topliss-reactive ketones (excluding diaryl/α,β-unsaturated/α-hetero) is 1.